The third-order valence-electron chi connectivity index (χ3n) is 5.60. The highest BCUT2D eigenvalue weighted by Gasteiger charge is 2.23. The predicted molar refractivity (Wildman–Crippen MR) is 121 cm³/mol. The zero-order valence-corrected chi connectivity index (χ0v) is 17.4. The molecule has 2 aromatic carbocycles. The largest absolute Gasteiger partial charge is 0.393 e. The molecule has 4 rings (SSSR count). The first-order chi connectivity index (χ1) is 14.1. The van der Waals surface area contributed by atoms with Gasteiger partial charge in [0.2, 0.25) is 0 Å². The van der Waals surface area contributed by atoms with E-state index in [1.165, 1.54) is 5.56 Å². The average Bonchev–Trinajstić information content (AvgIpc) is 2.74. The fraction of sp³-hybridized carbons (Fsp3) is 0.304. The number of nitrogens with two attached hydrogens (primary N) is 1. The molecule has 0 spiro atoms. The average molecular weight is 408 g/mol. The number of nitrogens with one attached hydrogen (secondary N) is 1. The lowest BCUT2D eigenvalue weighted by Crippen LogP contribution is -2.35. The third-order valence-corrected chi connectivity index (χ3v) is 5.83. The Morgan fingerprint density at radius 2 is 1.86 bits per heavy atom. The van der Waals surface area contributed by atoms with E-state index in [1.807, 2.05) is 25.1 Å². The molecule has 0 saturated carbocycles. The first kappa shape index (κ1) is 19.5. The lowest BCUT2D eigenvalue weighted by Gasteiger charge is -2.33. The normalized spacial score (nSPS) is 14.8. The third kappa shape index (κ3) is 4.62. The highest BCUT2D eigenvalue weighted by Crippen LogP contribution is 2.33. The van der Waals surface area contributed by atoms with Crippen molar-refractivity contribution >= 4 is 34.6 Å². The first-order valence-electron chi connectivity index (χ1n) is 10.0. The molecule has 0 amide bonds. The quantitative estimate of drug-likeness (QED) is 0.606. The molecular formula is C23H26ClN5. The van der Waals surface area contributed by atoms with Crippen molar-refractivity contribution in [2.24, 2.45) is 5.92 Å². The van der Waals surface area contributed by atoms with Gasteiger partial charge in [0.25, 0.3) is 0 Å². The van der Waals surface area contributed by atoms with Gasteiger partial charge in [0.15, 0.2) is 11.6 Å². The molecule has 5 nitrogen and oxygen atoms in total. The zero-order valence-electron chi connectivity index (χ0n) is 16.6. The number of nitrogen functional groups attached to an aromatic ring is 1. The minimum atomic E-state index is 0.577. The van der Waals surface area contributed by atoms with Crippen molar-refractivity contribution in [2.75, 3.05) is 29.0 Å². The fourth-order valence-electron chi connectivity index (χ4n) is 3.89. The number of nitrogens with zero attached hydrogens (tertiary/aromatic N) is 3. The van der Waals surface area contributed by atoms with Crippen molar-refractivity contribution in [1.29, 1.82) is 0 Å². The summed E-state index contributed by atoms with van der Waals surface area (Å²) < 4.78 is 0. The molecule has 1 aliphatic heterocycles. The first-order valence-corrected chi connectivity index (χ1v) is 10.4. The molecule has 6 heteroatoms. The van der Waals surface area contributed by atoms with Crippen LogP contribution in [0.4, 0.5) is 23.0 Å². The molecule has 3 N–H and O–H groups in total. The van der Waals surface area contributed by atoms with Crippen LogP contribution in [0.25, 0.3) is 0 Å². The standard InChI is InChI=1S/C23H26ClN5/c1-16-7-8-19(24)14-20(16)28-22-21(25)23(27-15-26-22)29-11-9-18(10-12-29)13-17-5-3-2-4-6-17/h2-8,14-15,18H,9-13,25H2,1H3,(H,26,27,28). The van der Waals surface area contributed by atoms with Gasteiger partial charge in [0.05, 0.1) is 0 Å². The van der Waals surface area contributed by atoms with Gasteiger partial charge in [-0.25, -0.2) is 9.97 Å². The summed E-state index contributed by atoms with van der Waals surface area (Å²) in [6, 6.07) is 16.4. The Kier molecular flexibility index (Phi) is 5.86. The Balaban J connectivity index is 1.44. The molecule has 0 atom stereocenters. The molecule has 0 aliphatic carbocycles. The number of rotatable bonds is 5. The van der Waals surface area contributed by atoms with Crippen molar-refractivity contribution in [3.63, 3.8) is 0 Å². The molecule has 1 fully saturated rings. The number of benzene rings is 2. The number of hydrogen-bond acceptors (Lipinski definition) is 5. The van der Waals surface area contributed by atoms with E-state index in [0.717, 1.165) is 49.4 Å². The maximum absolute atomic E-state index is 6.45. The van der Waals surface area contributed by atoms with Gasteiger partial charge in [0, 0.05) is 23.8 Å². The van der Waals surface area contributed by atoms with Gasteiger partial charge in [-0.15, -0.1) is 0 Å². The maximum atomic E-state index is 6.45. The van der Waals surface area contributed by atoms with Crippen LogP contribution in [0.5, 0.6) is 0 Å². The van der Waals surface area contributed by atoms with Gasteiger partial charge in [0.1, 0.15) is 12.0 Å². The number of aromatic nitrogens is 2. The van der Waals surface area contributed by atoms with E-state index < -0.39 is 0 Å². The van der Waals surface area contributed by atoms with E-state index in [1.54, 1.807) is 6.33 Å². The predicted octanol–water partition coefficient (Wildman–Crippen LogP) is 5.22. The van der Waals surface area contributed by atoms with Gasteiger partial charge in [-0.05, 0) is 55.4 Å². The lowest BCUT2D eigenvalue weighted by molar-refractivity contribution is 0.402. The topological polar surface area (TPSA) is 67.1 Å². The van der Waals surface area contributed by atoms with Gasteiger partial charge in [-0.3, -0.25) is 0 Å². The summed E-state index contributed by atoms with van der Waals surface area (Å²) >= 11 is 6.14. The molecule has 29 heavy (non-hydrogen) atoms. The van der Waals surface area contributed by atoms with Crippen LogP contribution in [0.2, 0.25) is 5.02 Å². The van der Waals surface area contributed by atoms with Crippen molar-refractivity contribution in [1.82, 2.24) is 9.97 Å². The smallest absolute Gasteiger partial charge is 0.159 e. The van der Waals surface area contributed by atoms with Crippen LogP contribution in [0.15, 0.2) is 54.9 Å². The van der Waals surface area contributed by atoms with Crippen LogP contribution in [0, 0.1) is 12.8 Å². The fourth-order valence-corrected chi connectivity index (χ4v) is 4.06. The Hall–Kier alpha value is -2.79. The van der Waals surface area contributed by atoms with Crippen molar-refractivity contribution in [2.45, 2.75) is 26.2 Å². The molecule has 0 unspecified atom stereocenters. The molecule has 1 aliphatic rings. The summed E-state index contributed by atoms with van der Waals surface area (Å²) in [6.45, 7) is 3.93. The van der Waals surface area contributed by atoms with E-state index >= 15 is 0 Å². The number of hydrogen-bond donors (Lipinski definition) is 2. The van der Waals surface area contributed by atoms with Crippen molar-refractivity contribution in [3.8, 4) is 0 Å². The van der Waals surface area contributed by atoms with Gasteiger partial charge in [-0.2, -0.15) is 0 Å². The Bertz CT molecular complexity index is 968. The molecule has 150 valence electrons. The minimum absolute atomic E-state index is 0.577. The molecular weight excluding hydrogens is 382 g/mol. The van der Waals surface area contributed by atoms with Crippen LogP contribution in [-0.2, 0) is 6.42 Å². The monoisotopic (exact) mass is 407 g/mol. The number of piperidine rings is 1. The lowest BCUT2D eigenvalue weighted by atomic mass is 9.90. The van der Waals surface area contributed by atoms with Crippen LogP contribution in [0.1, 0.15) is 24.0 Å². The van der Waals surface area contributed by atoms with Gasteiger partial charge in [-0.1, -0.05) is 48.0 Å². The second-order valence-corrected chi connectivity index (χ2v) is 8.10. The highest BCUT2D eigenvalue weighted by atomic mass is 35.5. The Morgan fingerprint density at radius 1 is 1.10 bits per heavy atom. The summed E-state index contributed by atoms with van der Waals surface area (Å²) in [6.07, 6.45) is 4.97. The molecule has 1 saturated heterocycles. The summed E-state index contributed by atoms with van der Waals surface area (Å²) in [5, 5.41) is 3.99. The Morgan fingerprint density at radius 3 is 2.62 bits per heavy atom. The van der Waals surface area contributed by atoms with Crippen molar-refractivity contribution in [3.05, 3.63) is 71.0 Å². The maximum Gasteiger partial charge on any atom is 0.159 e. The molecule has 1 aromatic heterocycles. The van der Waals surface area contributed by atoms with Gasteiger partial charge < -0.3 is 16.0 Å². The molecule has 2 heterocycles. The second-order valence-electron chi connectivity index (χ2n) is 7.66. The van der Waals surface area contributed by atoms with Gasteiger partial charge >= 0.3 is 0 Å². The minimum Gasteiger partial charge on any atom is -0.393 e. The van der Waals surface area contributed by atoms with E-state index in [0.29, 0.717) is 22.4 Å². The SMILES string of the molecule is Cc1ccc(Cl)cc1Nc1ncnc(N2CCC(Cc3ccccc3)CC2)c1N. The highest BCUT2D eigenvalue weighted by molar-refractivity contribution is 6.30. The summed E-state index contributed by atoms with van der Waals surface area (Å²) in [7, 11) is 0. The molecule has 0 radical (unpaired) electrons. The molecule has 3 aromatic rings. The van der Waals surface area contributed by atoms with Crippen LogP contribution in [0.3, 0.4) is 0 Å². The molecule has 0 bridgehead atoms. The zero-order chi connectivity index (χ0) is 20.2. The number of aryl methyl sites for hydroxylation is 1. The van der Waals surface area contributed by atoms with Crippen molar-refractivity contribution < 1.29 is 0 Å². The summed E-state index contributed by atoms with van der Waals surface area (Å²) in [4.78, 5) is 11.1. The summed E-state index contributed by atoms with van der Waals surface area (Å²) in [5.41, 5.74) is 10.4. The van der Waals surface area contributed by atoms with Crippen LogP contribution < -0.4 is 16.0 Å². The Labute approximate surface area is 176 Å². The van der Waals surface area contributed by atoms with E-state index in [-0.39, 0.29) is 0 Å². The van der Waals surface area contributed by atoms with E-state index in [4.69, 9.17) is 17.3 Å². The van der Waals surface area contributed by atoms with Crippen LogP contribution in [-0.4, -0.2) is 23.1 Å². The van der Waals surface area contributed by atoms with Crippen LogP contribution >= 0.6 is 11.6 Å². The second kappa shape index (κ2) is 8.70. The van der Waals surface area contributed by atoms with E-state index in [9.17, 15) is 0 Å². The van der Waals surface area contributed by atoms with E-state index in [2.05, 4.69) is 50.5 Å². The summed E-state index contributed by atoms with van der Waals surface area (Å²) in [5.74, 6) is 2.12. The number of halogens is 1. The number of anilines is 4.